The van der Waals surface area contributed by atoms with Crippen molar-refractivity contribution in [1.29, 1.82) is 0 Å². The summed E-state index contributed by atoms with van der Waals surface area (Å²) in [6.07, 6.45) is 0.0511. The third kappa shape index (κ3) is 6.30. The van der Waals surface area contributed by atoms with Crippen LogP contribution in [0.5, 0.6) is 5.75 Å². The van der Waals surface area contributed by atoms with Crippen LogP contribution < -0.4 is 15.4 Å². The second-order valence-electron chi connectivity index (χ2n) is 6.65. The van der Waals surface area contributed by atoms with Gasteiger partial charge >= 0.3 is 5.97 Å². The number of carbonyl (C=O) groups is 3. The van der Waals surface area contributed by atoms with E-state index in [4.69, 9.17) is 9.47 Å². The Bertz CT molecular complexity index is 903. The van der Waals surface area contributed by atoms with Gasteiger partial charge in [-0.15, -0.1) is 0 Å². The maximum absolute atomic E-state index is 14.0. The van der Waals surface area contributed by atoms with Gasteiger partial charge in [-0.2, -0.15) is 0 Å². The Morgan fingerprint density at radius 1 is 0.900 bits per heavy atom. The van der Waals surface area contributed by atoms with Gasteiger partial charge < -0.3 is 20.1 Å². The molecule has 0 bridgehead atoms. The van der Waals surface area contributed by atoms with Crippen LogP contribution in [-0.4, -0.2) is 44.1 Å². The van der Waals surface area contributed by atoms with E-state index in [2.05, 4.69) is 10.6 Å². The molecule has 2 atom stereocenters. The zero-order valence-corrected chi connectivity index (χ0v) is 17.1. The molecule has 0 unspecified atom stereocenters. The molecule has 0 fully saturated rings. The first-order valence-electron chi connectivity index (χ1n) is 9.36. The molecule has 0 aliphatic carbocycles. The number of hydrogen-bond acceptors (Lipinski definition) is 5. The molecule has 2 N–H and O–H groups in total. The molecule has 0 radical (unpaired) electrons. The van der Waals surface area contributed by atoms with Crippen LogP contribution >= 0.6 is 0 Å². The third-order valence-electron chi connectivity index (χ3n) is 4.49. The van der Waals surface area contributed by atoms with Crippen molar-refractivity contribution < 1.29 is 28.2 Å². The van der Waals surface area contributed by atoms with Crippen LogP contribution in [0.4, 0.5) is 4.39 Å². The van der Waals surface area contributed by atoms with Crippen LogP contribution in [0.2, 0.25) is 0 Å². The second-order valence-corrected chi connectivity index (χ2v) is 6.65. The summed E-state index contributed by atoms with van der Waals surface area (Å²) in [5.41, 5.74) is 0.964. The quantitative estimate of drug-likeness (QED) is 0.608. The van der Waals surface area contributed by atoms with E-state index in [0.29, 0.717) is 11.3 Å². The lowest BCUT2D eigenvalue weighted by Crippen LogP contribution is -2.53. The first kappa shape index (κ1) is 22.9. The Balaban J connectivity index is 2.22. The van der Waals surface area contributed by atoms with E-state index in [0.717, 1.165) is 0 Å². The summed E-state index contributed by atoms with van der Waals surface area (Å²) in [5, 5.41) is 5.12. The SMILES string of the molecule is COC(=O)[C@H](Cc1ccccc1OC)NC(=O)[C@H](Cc1ccccc1F)NC(C)=O. The Morgan fingerprint density at radius 3 is 2.10 bits per heavy atom. The number of rotatable bonds is 9. The van der Waals surface area contributed by atoms with Crippen molar-refractivity contribution in [2.45, 2.75) is 31.8 Å². The number of para-hydroxylation sites is 1. The number of amides is 2. The van der Waals surface area contributed by atoms with Crippen molar-refractivity contribution >= 4 is 17.8 Å². The minimum Gasteiger partial charge on any atom is -0.496 e. The molecule has 0 saturated carbocycles. The van der Waals surface area contributed by atoms with Crippen LogP contribution in [-0.2, 0) is 32.0 Å². The predicted molar refractivity (Wildman–Crippen MR) is 108 cm³/mol. The Morgan fingerprint density at radius 2 is 1.50 bits per heavy atom. The van der Waals surface area contributed by atoms with Crippen LogP contribution in [0.3, 0.4) is 0 Å². The van der Waals surface area contributed by atoms with Crippen LogP contribution in [0.25, 0.3) is 0 Å². The van der Waals surface area contributed by atoms with E-state index in [1.165, 1.54) is 39.3 Å². The molecule has 2 amide bonds. The number of hydrogen-bond donors (Lipinski definition) is 2. The molecule has 0 aliphatic rings. The molecule has 2 aromatic rings. The number of methoxy groups -OCH3 is 2. The number of esters is 1. The van der Waals surface area contributed by atoms with E-state index in [-0.39, 0.29) is 18.4 Å². The smallest absolute Gasteiger partial charge is 0.328 e. The lowest BCUT2D eigenvalue weighted by molar-refractivity contribution is -0.145. The maximum atomic E-state index is 14.0. The minimum absolute atomic E-state index is 0.0688. The molecule has 0 heterocycles. The lowest BCUT2D eigenvalue weighted by atomic mass is 10.0. The normalized spacial score (nSPS) is 12.4. The van der Waals surface area contributed by atoms with E-state index in [1.807, 2.05) is 0 Å². The predicted octanol–water partition coefficient (Wildman–Crippen LogP) is 1.78. The number of benzene rings is 2. The lowest BCUT2D eigenvalue weighted by Gasteiger charge is -2.22. The minimum atomic E-state index is -1.07. The van der Waals surface area contributed by atoms with Crippen molar-refractivity contribution in [2.75, 3.05) is 14.2 Å². The molecule has 7 nitrogen and oxygen atoms in total. The highest BCUT2D eigenvalue weighted by molar-refractivity contribution is 5.90. The summed E-state index contributed by atoms with van der Waals surface area (Å²) in [4.78, 5) is 36.8. The molecule has 160 valence electrons. The summed E-state index contributed by atoms with van der Waals surface area (Å²) in [6, 6.07) is 11.0. The Labute approximate surface area is 174 Å². The fraction of sp³-hybridized carbons (Fsp3) is 0.318. The topological polar surface area (TPSA) is 93.7 Å². The second kappa shape index (κ2) is 10.9. The molecule has 30 heavy (non-hydrogen) atoms. The summed E-state index contributed by atoms with van der Waals surface area (Å²) < 4.78 is 24.1. The molecule has 0 saturated heterocycles. The van der Waals surface area contributed by atoms with E-state index >= 15 is 0 Å². The van der Waals surface area contributed by atoms with Gasteiger partial charge in [0.05, 0.1) is 14.2 Å². The molecule has 8 heteroatoms. The van der Waals surface area contributed by atoms with Gasteiger partial charge in [0, 0.05) is 19.8 Å². The first-order chi connectivity index (χ1) is 14.3. The van der Waals surface area contributed by atoms with Gasteiger partial charge in [-0.3, -0.25) is 9.59 Å². The largest absolute Gasteiger partial charge is 0.496 e. The van der Waals surface area contributed by atoms with Crippen molar-refractivity contribution in [3.8, 4) is 5.75 Å². The number of carbonyl (C=O) groups excluding carboxylic acids is 3. The molecule has 2 aromatic carbocycles. The molecule has 0 aliphatic heterocycles. The summed E-state index contributed by atoms with van der Waals surface area (Å²) in [5.74, 6) is -1.66. The van der Waals surface area contributed by atoms with Gasteiger partial charge in [0.1, 0.15) is 23.7 Å². The first-order valence-corrected chi connectivity index (χ1v) is 9.36. The fourth-order valence-corrected chi connectivity index (χ4v) is 3.04. The highest BCUT2D eigenvalue weighted by Crippen LogP contribution is 2.19. The van der Waals surface area contributed by atoms with E-state index in [1.54, 1.807) is 30.3 Å². The summed E-state index contributed by atoms with van der Waals surface area (Å²) in [7, 11) is 2.72. The van der Waals surface area contributed by atoms with Gasteiger partial charge in [-0.05, 0) is 23.3 Å². The van der Waals surface area contributed by atoms with E-state index < -0.39 is 35.7 Å². The average molecular weight is 416 g/mol. The standard InChI is InChI=1S/C22H25FN2O5/c1-14(26)24-18(12-15-8-4-6-10-17(15)23)21(27)25-19(22(28)30-3)13-16-9-5-7-11-20(16)29-2/h4-11,18-19H,12-13H2,1-3H3,(H,24,26)(H,25,27)/t18-,19-/m0/s1. The van der Waals surface area contributed by atoms with Crippen LogP contribution in [0, 0.1) is 5.82 Å². The number of nitrogens with one attached hydrogen (secondary N) is 2. The van der Waals surface area contributed by atoms with Gasteiger partial charge in [0.15, 0.2) is 0 Å². The molecular weight excluding hydrogens is 391 g/mol. The van der Waals surface area contributed by atoms with Crippen LogP contribution in [0.15, 0.2) is 48.5 Å². The highest BCUT2D eigenvalue weighted by atomic mass is 19.1. The van der Waals surface area contributed by atoms with Gasteiger partial charge in [0.2, 0.25) is 11.8 Å². The Kier molecular flexibility index (Phi) is 8.34. The molecule has 0 aromatic heterocycles. The maximum Gasteiger partial charge on any atom is 0.328 e. The fourth-order valence-electron chi connectivity index (χ4n) is 3.04. The zero-order valence-electron chi connectivity index (χ0n) is 17.1. The van der Waals surface area contributed by atoms with Crippen molar-refractivity contribution in [2.24, 2.45) is 0 Å². The zero-order chi connectivity index (χ0) is 22.1. The van der Waals surface area contributed by atoms with E-state index in [9.17, 15) is 18.8 Å². The van der Waals surface area contributed by atoms with Crippen molar-refractivity contribution in [3.05, 3.63) is 65.5 Å². The molecule has 0 spiro atoms. The number of ether oxygens (including phenoxy) is 2. The monoisotopic (exact) mass is 416 g/mol. The van der Waals surface area contributed by atoms with Gasteiger partial charge in [-0.25, -0.2) is 9.18 Å². The third-order valence-corrected chi connectivity index (χ3v) is 4.49. The van der Waals surface area contributed by atoms with Crippen molar-refractivity contribution in [3.63, 3.8) is 0 Å². The summed E-state index contributed by atoms with van der Waals surface area (Å²) in [6.45, 7) is 1.26. The molecule has 2 rings (SSSR count). The summed E-state index contributed by atoms with van der Waals surface area (Å²) >= 11 is 0. The highest BCUT2D eigenvalue weighted by Gasteiger charge is 2.28. The van der Waals surface area contributed by atoms with Crippen LogP contribution in [0.1, 0.15) is 18.1 Å². The van der Waals surface area contributed by atoms with Gasteiger partial charge in [-0.1, -0.05) is 36.4 Å². The Hall–Kier alpha value is -3.42. The van der Waals surface area contributed by atoms with Gasteiger partial charge in [0.25, 0.3) is 0 Å². The average Bonchev–Trinajstić information content (AvgIpc) is 2.73. The van der Waals surface area contributed by atoms with Crippen molar-refractivity contribution in [1.82, 2.24) is 10.6 Å². The molecular formula is C22H25FN2O5. The number of halogens is 1.